The Balaban J connectivity index is 2.29. The lowest BCUT2D eigenvalue weighted by atomic mass is 10.0. The predicted octanol–water partition coefficient (Wildman–Crippen LogP) is 3.46. The summed E-state index contributed by atoms with van der Waals surface area (Å²) >= 11 is 0. The van der Waals surface area contributed by atoms with Gasteiger partial charge in [0.2, 0.25) is 0 Å². The monoisotopic (exact) mass is 375 g/mol. The van der Waals surface area contributed by atoms with Crippen molar-refractivity contribution in [3.05, 3.63) is 65.2 Å². The van der Waals surface area contributed by atoms with Gasteiger partial charge in [0.25, 0.3) is 5.91 Å². The van der Waals surface area contributed by atoms with E-state index in [1.165, 1.54) is 6.26 Å². The zero-order chi connectivity index (χ0) is 19.3. The summed E-state index contributed by atoms with van der Waals surface area (Å²) in [5.74, 6) is 0.539. The molecular weight excluding hydrogens is 350 g/mol. The molecular formula is C20H25NO4S. The van der Waals surface area contributed by atoms with Crippen molar-refractivity contribution in [1.82, 2.24) is 4.90 Å². The minimum absolute atomic E-state index is 0.0777. The molecule has 0 bridgehead atoms. The molecule has 1 unspecified atom stereocenters. The highest BCUT2D eigenvalue weighted by Gasteiger charge is 2.22. The predicted molar refractivity (Wildman–Crippen MR) is 103 cm³/mol. The third-order valence-corrected chi connectivity index (χ3v) is 5.11. The Labute approximate surface area is 155 Å². The SMILES string of the molecule is CCN(C(=O)c1cccc(CS(C)(=O)=O)c1)C(C)c1cccc(OC)c1. The van der Waals surface area contributed by atoms with E-state index in [1.54, 1.807) is 36.3 Å². The maximum absolute atomic E-state index is 13.0. The molecule has 0 N–H and O–H groups in total. The summed E-state index contributed by atoms with van der Waals surface area (Å²) in [6.45, 7) is 4.43. The molecule has 2 aromatic carbocycles. The van der Waals surface area contributed by atoms with Gasteiger partial charge in [-0.3, -0.25) is 4.79 Å². The Morgan fingerprint density at radius 1 is 1.15 bits per heavy atom. The Hall–Kier alpha value is -2.34. The van der Waals surface area contributed by atoms with E-state index in [-0.39, 0.29) is 17.7 Å². The molecule has 2 rings (SSSR count). The van der Waals surface area contributed by atoms with Gasteiger partial charge in [-0.1, -0.05) is 24.3 Å². The molecule has 26 heavy (non-hydrogen) atoms. The van der Waals surface area contributed by atoms with Crippen molar-refractivity contribution in [3.63, 3.8) is 0 Å². The maximum atomic E-state index is 13.0. The molecule has 0 saturated carbocycles. The number of ether oxygens (including phenoxy) is 1. The molecule has 0 heterocycles. The van der Waals surface area contributed by atoms with Crippen LogP contribution in [-0.4, -0.2) is 39.1 Å². The van der Waals surface area contributed by atoms with Gasteiger partial charge in [0, 0.05) is 18.4 Å². The lowest BCUT2D eigenvalue weighted by Gasteiger charge is -2.29. The molecule has 0 aliphatic rings. The van der Waals surface area contributed by atoms with Crippen molar-refractivity contribution in [1.29, 1.82) is 0 Å². The number of methoxy groups -OCH3 is 1. The molecule has 1 atom stereocenters. The van der Waals surface area contributed by atoms with Crippen molar-refractivity contribution in [3.8, 4) is 5.75 Å². The highest BCUT2D eigenvalue weighted by atomic mass is 32.2. The van der Waals surface area contributed by atoms with Crippen LogP contribution in [0.25, 0.3) is 0 Å². The number of carbonyl (C=O) groups is 1. The fourth-order valence-electron chi connectivity index (χ4n) is 2.94. The van der Waals surface area contributed by atoms with Gasteiger partial charge in [0.05, 0.1) is 18.9 Å². The first-order valence-electron chi connectivity index (χ1n) is 8.46. The van der Waals surface area contributed by atoms with Crippen LogP contribution in [0.3, 0.4) is 0 Å². The Bertz CT molecular complexity index is 877. The number of hydrogen-bond donors (Lipinski definition) is 0. The molecule has 0 saturated heterocycles. The van der Waals surface area contributed by atoms with E-state index in [0.717, 1.165) is 11.3 Å². The lowest BCUT2D eigenvalue weighted by molar-refractivity contribution is 0.0702. The van der Waals surface area contributed by atoms with Gasteiger partial charge in [-0.25, -0.2) is 8.42 Å². The highest BCUT2D eigenvalue weighted by Crippen LogP contribution is 2.25. The first-order valence-corrected chi connectivity index (χ1v) is 10.5. The summed E-state index contributed by atoms with van der Waals surface area (Å²) < 4.78 is 28.3. The second-order valence-corrected chi connectivity index (χ2v) is 8.45. The molecule has 0 fully saturated rings. The normalized spacial score (nSPS) is 12.5. The molecule has 6 heteroatoms. The Kier molecular flexibility index (Phi) is 6.42. The number of hydrogen-bond acceptors (Lipinski definition) is 4. The second-order valence-electron chi connectivity index (χ2n) is 6.31. The summed E-state index contributed by atoms with van der Waals surface area (Å²) in [7, 11) is -1.54. The van der Waals surface area contributed by atoms with E-state index in [4.69, 9.17) is 4.74 Å². The van der Waals surface area contributed by atoms with Crippen LogP contribution < -0.4 is 4.74 Å². The minimum Gasteiger partial charge on any atom is -0.497 e. The largest absolute Gasteiger partial charge is 0.497 e. The fourth-order valence-corrected chi connectivity index (χ4v) is 3.72. The van der Waals surface area contributed by atoms with Crippen molar-refractivity contribution >= 4 is 15.7 Å². The van der Waals surface area contributed by atoms with E-state index in [9.17, 15) is 13.2 Å². The van der Waals surface area contributed by atoms with Gasteiger partial charge in [0.1, 0.15) is 5.75 Å². The number of benzene rings is 2. The van der Waals surface area contributed by atoms with Crippen molar-refractivity contribution in [2.45, 2.75) is 25.6 Å². The standard InChI is InChI=1S/C20H25NO4S/c1-5-21(15(2)17-9-7-11-19(13-17)25-3)20(22)18-10-6-8-16(12-18)14-26(4,23)24/h6-13,15H,5,14H2,1-4H3. The number of sulfone groups is 1. The number of carbonyl (C=O) groups excluding carboxylic acids is 1. The van der Waals surface area contributed by atoms with Crippen molar-refractivity contribution < 1.29 is 17.9 Å². The third kappa shape index (κ3) is 5.08. The topological polar surface area (TPSA) is 63.7 Å². The Morgan fingerprint density at radius 3 is 2.46 bits per heavy atom. The van der Waals surface area contributed by atoms with Crippen LogP contribution in [-0.2, 0) is 15.6 Å². The minimum atomic E-state index is -3.15. The van der Waals surface area contributed by atoms with Gasteiger partial charge in [-0.2, -0.15) is 0 Å². The number of rotatable bonds is 7. The smallest absolute Gasteiger partial charge is 0.254 e. The summed E-state index contributed by atoms with van der Waals surface area (Å²) in [4.78, 5) is 14.8. The zero-order valence-corrected chi connectivity index (χ0v) is 16.4. The van der Waals surface area contributed by atoms with Crippen LogP contribution in [0.1, 0.15) is 41.4 Å². The van der Waals surface area contributed by atoms with E-state index in [1.807, 2.05) is 38.1 Å². The molecule has 1 amide bonds. The molecule has 0 spiro atoms. The first kappa shape index (κ1) is 20.0. The first-order chi connectivity index (χ1) is 12.2. The van der Waals surface area contributed by atoms with E-state index in [2.05, 4.69) is 0 Å². The second kappa shape index (κ2) is 8.36. The molecule has 0 aliphatic heterocycles. The highest BCUT2D eigenvalue weighted by molar-refractivity contribution is 7.89. The third-order valence-electron chi connectivity index (χ3n) is 4.25. The lowest BCUT2D eigenvalue weighted by Crippen LogP contribution is -2.33. The fraction of sp³-hybridized carbons (Fsp3) is 0.350. The van der Waals surface area contributed by atoms with Crippen LogP contribution in [0.5, 0.6) is 5.75 Å². The molecule has 0 radical (unpaired) electrons. The maximum Gasteiger partial charge on any atom is 0.254 e. The molecule has 5 nitrogen and oxygen atoms in total. The van der Waals surface area contributed by atoms with Crippen LogP contribution in [0, 0.1) is 0 Å². The Morgan fingerprint density at radius 2 is 1.85 bits per heavy atom. The van der Waals surface area contributed by atoms with Gasteiger partial charge in [-0.05, 0) is 49.2 Å². The average Bonchev–Trinajstić information content (AvgIpc) is 2.61. The number of nitrogens with zero attached hydrogens (tertiary/aromatic N) is 1. The summed E-state index contributed by atoms with van der Waals surface area (Å²) in [5, 5.41) is 0. The van der Waals surface area contributed by atoms with Gasteiger partial charge < -0.3 is 9.64 Å². The van der Waals surface area contributed by atoms with Gasteiger partial charge in [-0.15, -0.1) is 0 Å². The van der Waals surface area contributed by atoms with Crippen molar-refractivity contribution in [2.75, 3.05) is 19.9 Å². The molecule has 2 aromatic rings. The summed E-state index contributed by atoms with van der Waals surface area (Å²) in [5.41, 5.74) is 2.08. The zero-order valence-electron chi connectivity index (χ0n) is 15.6. The van der Waals surface area contributed by atoms with Crippen molar-refractivity contribution in [2.24, 2.45) is 0 Å². The van der Waals surface area contributed by atoms with Crippen LogP contribution >= 0.6 is 0 Å². The summed E-state index contributed by atoms with van der Waals surface area (Å²) in [6.07, 6.45) is 1.19. The molecule has 0 aromatic heterocycles. The van der Waals surface area contributed by atoms with Crippen LogP contribution in [0.2, 0.25) is 0 Å². The quantitative estimate of drug-likeness (QED) is 0.743. The molecule has 140 valence electrons. The number of amides is 1. The van der Waals surface area contributed by atoms with Gasteiger partial charge >= 0.3 is 0 Å². The summed E-state index contributed by atoms with van der Waals surface area (Å²) in [6, 6.07) is 14.3. The van der Waals surface area contributed by atoms with Crippen LogP contribution in [0.4, 0.5) is 0 Å². The molecule has 0 aliphatic carbocycles. The van der Waals surface area contributed by atoms with Gasteiger partial charge in [0.15, 0.2) is 9.84 Å². The van der Waals surface area contributed by atoms with E-state index >= 15 is 0 Å². The average molecular weight is 375 g/mol. The van der Waals surface area contributed by atoms with E-state index < -0.39 is 9.84 Å². The van der Waals surface area contributed by atoms with Crippen LogP contribution in [0.15, 0.2) is 48.5 Å². The van der Waals surface area contributed by atoms with E-state index in [0.29, 0.717) is 17.7 Å².